The number of rotatable bonds is 3. The van der Waals surface area contributed by atoms with Gasteiger partial charge in [0.15, 0.2) is 0 Å². The average molecular weight is 320 g/mol. The molecule has 23 heavy (non-hydrogen) atoms. The van der Waals surface area contributed by atoms with Crippen molar-refractivity contribution in [3.05, 3.63) is 35.4 Å². The van der Waals surface area contributed by atoms with Gasteiger partial charge in [-0.2, -0.15) is 0 Å². The first-order valence-electron chi connectivity index (χ1n) is 8.15. The number of nitrogens with zero attached hydrogens (tertiary/aromatic N) is 1. The van der Waals surface area contributed by atoms with Crippen LogP contribution in [0.4, 0.5) is 4.79 Å². The largest absolute Gasteiger partial charge is 0.444 e. The molecular formula is C18H28N2O3. The lowest BCUT2D eigenvalue weighted by Gasteiger charge is -2.39. The first-order chi connectivity index (χ1) is 10.8. The summed E-state index contributed by atoms with van der Waals surface area (Å²) in [6, 6.07) is 7.95. The van der Waals surface area contributed by atoms with Crippen LogP contribution in [-0.2, 0) is 15.9 Å². The predicted molar refractivity (Wildman–Crippen MR) is 90.4 cm³/mol. The van der Waals surface area contributed by atoms with Crippen molar-refractivity contribution in [1.82, 2.24) is 4.90 Å². The van der Waals surface area contributed by atoms with Gasteiger partial charge < -0.3 is 15.2 Å². The molecule has 0 aliphatic carbocycles. The second-order valence-corrected chi connectivity index (χ2v) is 7.17. The number of hydrogen-bond donors (Lipinski definition) is 1. The van der Waals surface area contributed by atoms with Gasteiger partial charge in [-0.15, -0.1) is 0 Å². The quantitative estimate of drug-likeness (QED) is 0.929. The lowest BCUT2D eigenvalue weighted by molar-refractivity contribution is -0.0378. The summed E-state index contributed by atoms with van der Waals surface area (Å²) in [5, 5.41) is 0. The molecule has 1 aliphatic rings. The van der Waals surface area contributed by atoms with Crippen molar-refractivity contribution < 1.29 is 14.3 Å². The fourth-order valence-corrected chi connectivity index (χ4v) is 2.66. The van der Waals surface area contributed by atoms with E-state index in [2.05, 4.69) is 31.2 Å². The van der Waals surface area contributed by atoms with Crippen LogP contribution < -0.4 is 5.73 Å². The van der Waals surface area contributed by atoms with Gasteiger partial charge in [-0.1, -0.05) is 29.8 Å². The first-order valence-corrected chi connectivity index (χ1v) is 8.15. The molecule has 2 atom stereocenters. The molecule has 1 aliphatic heterocycles. The highest BCUT2D eigenvalue weighted by Crippen LogP contribution is 2.18. The number of carbonyl (C=O) groups is 1. The molecule has 5 heteroatoms. The minimum atomic E-state index is -0.513. The molecule has 0 saturated carbocycles. The number of carbonyl (C=O) groups excluding carboxylic acids is 1. The van der Waals surface area contributed by atoms with Crippen LogP contribution in [0.5, 0.6) is 0 Å². The summed E-state index contributed by atoms with van der Waals surface area (Å²) in [5.74, 6) is 0. The van der Waals surface area contributed by atoms with Gasteiger partial charge in [-0.05, 0) is 39.7 Å². The fourth-order valence-electron chi connectivity index (χ4n) is 2.66. The van der Waals surface area contributed by atoms with E-state index in [1.165, 1.54) is 5.56 Å². The molecule has 1 aromatic carbocycles. The molecule has 1 fully saturated rings. The molecule has 1 aromatic rings. The fraction of sp³-hybridized carbons (Fsp3) is 0.611. The molecule has 2 rings (SSSR count). The molecule has 1 saturated heterocycles. The minimum Gasteiger partial charge on any atom is -0.444 e. The molecule has 0 bridgehead atoms. The van der Waals surface area contributed by atoms with Crippen molar-refractivity contribution in [3.63, 3.8) is 0 Å². The summed E-state index contributed by atoms with van der Waals surface area (Å²) in [7, 11) is 0. The van der Waals surface area contributed by atoms with Crippen molar-refractivity contribution in [2.24, 2.45) is 5.73 Å². The summed E-state index contributed by atoms with van der Waals surface area (Å²) in [5.41, 5.74) is 8.25. The number of aryl methyl sites for hydroxylation is 1. The molecule has 0 spiro atoms. The summed E-state index contributed by atoms with van der Waals surface area (Å²) >= 11 is 0. The molecule has 2 unspecified atom stereocenters. The number of amides is 1. The smallest absolute Gasteiger partial charge is 0.410 e. The Morgan fingerprint density at radius 1 is 1.39 bits per heavy atom. The standard InChI is InChI=1S/C18H28N2O3/c1-13-5-7-14(8-6-13)11-15(19)16-12-22-10-9-20(16)17(21)23-18(2,3)4/h5-8,15-16H,9-12,19H2,1-4H3. The first kappa shape index (κ1) is 17.8. The zero-order valence-corrected chi connectivity index (χ0v) is 14.5. The van der Waals surface area contributed by atoms with E-state index in [0.717, 1.165) is 5.56 Å². The van der Waals surface area contributed by atoms with E-state index in [1.807, 2.05) is 20.8 Å². The number of morpholine rings is 1. The van der Waals surface area contributed by atoms with E-state index in [0.29, 0.717) is 26.2 Å². The molecule has 2 N–H and O–H groups in total. The normalized spacial score (nSPS) is 20.2. The van der Waals surface area contributed by atoms with Crippen LogP contribution in [0.3, 0.4) is 0 Å². The molecule has 128 valence electrons. The maximum atomic E-state index is 12.4. The van der Waals surface area contributed by atoms with E-state index < -0.39 is 5.60 Å². The Morgan fingerprint density at radius 3 is 2.65 bits per heavy atom. The van der Waals surface area contributed by atoms with Crippen LogP contribution in [0, 0.1) is 6.92 Å². The zero-order valence-electron chi connectivity index (χ0n) is 14.5. The third-order valence-electron chi connectivity index (χ3n) is 3.88. The van der Waals surface area contributed by atoms with Gasteiger partial charge in [0.1, 0.15) is 5.60 Å². The SMILES string of the molecule is Cc1ccc(CC(N)C2COCCN2C(=O)OC(C)(C)C)cc1. The van der Waals surface area contributed by atoms with E-state index in [-0.39, 0.29) is 18.2 Å². The highest BCUT2D eigenvalue weighted by Gasteiger charge is 2.34. The Hall–Kier alpha value is -1.59. The van der Waals surface area contributed by atoms with Crippen molar-refractivity contribution in [1.29, 1.82) is 0 Å². The van der Waals surface area contributed by atoms with Crippen LogP contribution in [-0.4, -0.2) is 48.4 Å². The van der Waals surface area contributed by atoms with Gasteiger partial charge in [-0.3, -0.25) is 4.90 Å². The van der Waals surface area contributed by atoms with Crippen molar-refractivity contribution >= 4 is 6.09 Å². The van der Waals surface area contributed by atoms with Crippen LogP contribution in [0.15, 0.2) is 24.3 Å². The monoisotopic (exact) mass is 320 g/mol. The van der Waals surface area contributed by atoms with Crippen LogP contribution in [0.25, 0.3) is 0 Å². The Bertz CT molecular complexity index is 522. The topological polar surface area (TPSA) is 64.8 Å². The van der Waals surface area contributed by atoms with Gasteiger partial charge in [0.25, 0.3) is 0 Å². The predicted octanol–water partition coefficient (Wildman–Crippen LogP) is 2.50. The van der Waals surface area contributed by atoms with Gasteiger partial charge in [-0.25, -0.2) is 4.79 Å². The van der Waals surface area contributed by atoms with E-state index in [4.69, 9.17) is 15.2 Å². The number of hydrogen-bond acceptors (Lipinski definition) is 4. The van der Waals surface area contributed by atoms with Crippen molar-refractivity contribution in [2.75, 3.05) is 19.8 Å². The molecule has 1 heterocycles. The molecule has 0 radical (unpaired) electrons. The third kappa shape index (κ3) is 5.22. The second-order valence-electron chi connectivity index (χ2n) is 7.17. The van der Waals surface area contributed by atoms with Crippen molar-refractivity contribution in [3.8, 4) is 0 Å². The third-order valence-corrected chi connectivity index (χ3v) is 3.88. The highest BCUT2D eigenvalue weighted by molar-refractivity contribution is 5.68. The van der Waals surface area contributed by atoms with Crippen molar-refractivity contribution in [2.45, 2.75) is 51.8 Å². The lowest BCUT2D eigenvalue weighted by atomic mass is 9.98. The van der Waals surface area contributed by atoms with Crippen LogP contribution in [0.2, 0.25) is 0 Å². The Labute approximate surface area is 138 Å². The minimum absolute atomic E-state index is 0.167. The van der Waals surface area contributed by atoms with Crippen LogP contribution in [0.1, 0.15) is 31.9 Å². The van der Waals surface area contributed by atoms with Gasteiger partial charge in [0.2, 0.25) is 0 Å². The summed E-state index contributed by atoms with van der Waals surface area (Å²) in [4.78, 5) is 14.1. The van der Waals surface area contributed by atoms with Gasteiger partial charge >= 0.3 is 6.09 Å². The van der Waals surface area contributed by atoms with Gasteiger partial charge in [0, 0.05) is 12.6 Å². The maximum Gasteiger partial charge on any atom is 0.410 e. The number of benzene rings is 1. The Morgan fingerprint density at radius 2 is 2.04 bits per heavy atom. The van der Waals surface area contributed by atoms with E-state index in [9.17, 15) is 4.79 Å². The maximum absolute atomic E-state index is 12.4. The summed E-state index contributed by atoms with van der Waals surface area (Å²) in [6.07, 6.45) is 0.387. The second kappa shape index (κ2) is 7.32. The van der Waals surface area contributed by atoms with E-state index >= 15 is 0 Å². The molecule has 5 nitrogen and oxygen atoms in total. The molecular weight excluding hydrogens is 292 g/mol. The Balaban J connectivity index is 2.04. The lowest BCUT2D eigenvalue weighted by Crippen LogP contribution is -2.58. The molecule has 0 aromatic heterocycles. The number of ether oxygens (including phenoxy) is 2. The highest BCUT2D eigenvalue weighted by atomic mass is 16.6. The van der Waals surface area contributed by atoms with Crippen LogP contribution >= 0.6 is 0 Å². The number of nitrogens with two attached hydrogens (primary N) is 1. The van der Waals surface area contributed by atoms with E-state index in [1.54, 1.807) is 4.90 Å². The zero-order chi connectivity index (χ0) is 17.0. The summed E-state index contributed by atoms with van der Waals surface area (Å²) in [6.45, 7) is 9.15. The Kier molecular flexibility index (Phi) is 5.65. The van der Waals surface area contributed by atoms with Gasteiger partial charge in [0.05, 0.1) is 19.3 Å². The summed E-state index contributed by atoms with van der Waals surface area (Å²) < 4.78 is 11.0. The molecule has 1 amide bonds. The average Bonchev–Trinajstić information content (AvgIpc) is 2.48.